The van der Waals surface area contributed by atoms with Gasteiger partial charge in [-0.3, -0.25) is 0 Å². The van der Waals surface area contributed by atoms with Crippen LogP contribution in [0.1, 0.15) is 38.8 Å². The van der Waals surface area contributed by atoms with Crippen molar-refractivity contribution in [2.24, 2.45) is 0 Å². The fourth-order valence-electron chi connectivity index (χ4n) is 1.21. The predicted molar refractivity (Wildman–Crippen MR) is 84.9 cm³/mol. The summed E-state index contributed by atoms with van der Waals surface area (Å²) in [5, 5.41) is 0. The molecule has 0 bridgehead atoms. The van der Waals surface area contributed by atoms with Gasteiger partial charge in [-0.25, -0.2) is 13.2 Å². The number of hydrogen-bond donors (Lipinski definition) is 0. The molecule has 0 N–H and O–H groups in total. The number of halogens is 3. The monoisotopic (exact) mass is 298 g/mol. The summed E-state index contributed by atoms with van der Waals surface area (Å²) in [4.78, 5) is 0. The first-order valence-electron chi connectivity index (χ1n) is 7.13. The summed E-state index contributed by atoms with van der Waals surface area (Å²) in [5.41, 5.74) is 1.69. The molecule has 0 saturated carbocycles. The standard InChI is InChI=1S/C7H6F2.C7H7F.2C2H6/c1-5-2-3-6(8)7(9)4-5;1-6-3-2-4-7(8)5-6;2*1-2/h2-4H,1H3;2-5H,1H3;2*1-2H3. The molecule has 0 atom stereocenters. The molecule has 0 aliphatic heterocycles. The van der Waals surface area contributed by atoms with Crippen LogP contribution in [-0.2, 0) is 0 Å². The maximum atomic E-state index is 12.2. The van der Waals surface area contributed by atoms with Crippen LogP contribution in [0.15, 0.2) is 42.5 Å². The molecule has 0 saturated heterocycles. The van der Waals surface area contributed by atoms with Crippen LogP contribution in [0.5, 0.6) is 0 Å². The maximum Gasteiger partial charge on any atom is 0.159 e. The Morgan fingerprint density at radius 2 is 1.14 bits per heavy atom. The van der Waals surface area contributed by atoms with Crippen LogP contribution in [0, 0.1) is 31.3 Å². The van der Waals surface area contributed by atoms with Crippen LogP contribution >= 0.6 is 0 Å². The Morgan fingerprint density at radius 3 is 1.48 bits per heavy atom. The minimum absolute atomic E-state index is 0.162. The van der Waals surface area contributed by atoms with Gasteiger partial charge in [0.15, 0.2) is 11.6 Å². The summed E-state index contributed by atoms with van der Waals surface area (Å²) in [5.74, 6) is -1.74. The lowest BCUT2D eigenvalue weighted by Crippen LogP contribution is -1.82. The molecule has 0 aromatic heterocycles. The second-order valence-electron chi connectivity index (χ2n) is 3.72. The zero-order valence-corrected chi connectivity index (χ0v) is 13.7. The fraction of sp³-hybridized carbons (Fsp3) is 0.333. The van der Waals surface area contributed by atoms with Crippen molar-refractivity contribution in [2.45, 2.75) is 41.5 Å². The van der Waals surface area contributed by atoms with Gasteiger partial charge in [0.2, 0.25) is 0 Å². The van der Waals surface area contributed by atoms with Crippen LogP contribution in [0.25, 0.3) is 0 Å². The number of rotatable bonds is 0. The van der Waals surface area contributed by atoms with Gasteiger partial charge in [0.1, 0.15) is 5.82 Å². The molecule has 0 aliphatic rings. The van der Waals surface area contributed by atoms with Gasteiger partial charge >= 0.3 is 0 Å². The van der Waals surface area contributed by atoms with E-state index < -0.39 is 11.6 Å². The Labute approximate surface area is 126 Å². The maximum absolute atomic E-state index is 12.2. The number of benzene rings is 2. The summed E-state index contributed by atoms with van der Waals surface area (Å²) in [7, 11) is 0. The second kappa shape index (κ2) is 13.2. The predicted octanol–water partition coefficient (Wildman–Crippen LogP) is 6.46. The van der Waals surface area contributed by atoms with Crippen molar-refractivity contribution in [2.75, 3.05) is 0 Å². The second-order valence-corrected chi connectivity index (χ2v) is 3.72. The van der Waals surface area contributed by atoms with Crippen LogP contribution in [0.4, 0.5) is 13.2 Å². The van der Waals surface area contributed by atoms with Crippen molar-refractivity contribution in [3.63, 3.8) is 0 Å². The van der Waals surface area contributed by atoms with Gasteiger partial charge in [-0.2, -0.15) is 0 Å². The lowest BCUT2D eigenvalue weighted by molar-refractivity contribution is 0.508. The van der Waals surface area contributed by atoms with Crippen molar-refractivity contribution >= 4 is 0 Å². The van der Waals surface area contributed by atoms with E-state index in [0.29, 0.717) is 0 Å². The molecule has 0 fully saturated rings. The van der Waals surface area contributed by atoms with E-state index in [1.54, 1.807) is 13.0 Å². The molecule has 118 valence electrons. The normalized spacial score (nSPS) is 8.24. The van der Waals surface area contributed by atoms with E-state index in [-0.39, 0.29) is 5.82 Å². The largest absolute Gasteiger partial charge is 0.207 e. The average Bonchev–Trinajstić information content (AvgIpc) is 2.48. The highest BCUT2D eigenvalue weighted by Crippen LogP contribution is 2.06. The third-order valence-electron chi connectivity index (χ3n) is 2.06. The summed E-state index contributed by atoms with van der Waals surface area (Å²) in [6.07, 6.45) is 0. The first-order valence-corrected chi connectivity index (χ1v) is 7.13. The molecule has 0 heterocycles. The van der Waals surface area contributed by atoms with E-state index in [1.807, 2.05) is 40.7 Å². The molecule has 21 heavy (non-hydrogen) atoms. The highest BCUT2D eigenvalue weighted by Gasteiger charge is 1.97. The third-order valence-corrected chi connectivity index (χ3v) is 2.06. The van der Waals surface area contributed by atoms with Crippen LogP contribution in [-0.4, -0.2) is 0 Å². The van der Waals surface area contributed by atoms with Crippen LogP contribution in [0.2, 0.25) is 0 Å². The minimum atomic E-state index is -0.791. The molecule has 2 rings (SSSR count). The SMILES string of the molecule is CC.CC.Cc1ccc(F)c(F)c1.Cc1cccc(F)c1. The van der Waals surface area contributed by atoms with Crippen LogP contribution < -0.4 is 0 Å². The first kappa shape index (κ1) is 21.5. The highest BCUT2D eigenvalue weighted by molar-refractivity contribution is 5.15. The Bertz CT molecular complexity index is 476. The smallest absolute Gasteiger partial charge is 0.159 e. The third kappa shape index (κ3) is 10.7. The van der Waals surface area contributed by atoms with Crippen molar-refractivity contribution < 1.29 is 13.2 Å². The number of aryl methyl sites for hydroxylation is 2. The topological polar surface area (TPSA) is 0 Å². The molecule has 3 heteroatoms. The van der Waals surface area contributed by atoms with Crippen LogP contribution in [0.3, 0.4) is 0 Å². The van der Waals surface area contributed by atoms with Gasteiger partial charge in [-0.15, -0.1) is 0 Å². The summed E-state index contributed by atoms with van der Waals surface area (Å²) in [6.45, 7) is 11.6. The quantitative estimate of drug-likeness (QED) is 0.523. The van der Waals surface area contributed by atoms with Gasteiger partial charge in [0.05, 0.1) is 0 Å². The first-order chi connectivity index (χ1) is 9.99. The average molecular weight is 298 g/mol. The molecular formula is C18H25F3. The molecule has 0 unspecified atom stereocenters. The minimum Gasteiger partial charge on any atom is -0.207 e. The fourth-order valence-corrected chi connectivity index (χ4v) is 1.21. The van der Waals surface area contributed by atoms with E-state index in [1.165, 1.54) is 18.2 Å². The molecule has 2 aromatic rings. The summed E-state index contributed by atoms with van der Waals surface area (Å²) in [6, 6.07) is 10.3. The van der Waals surface area contributed by atoms with Crippen molar-refractivity contribution in [1.82, 2.24) is 0 Å². The molecule has 0 aliphatic carbocycles. The van der Waals surface area contributed by atoms with Gasteiger partial charge in [-0.05, 0) is 49.2 Å². The Hall–Kier alpha value is -1.77. The Morgan fingerprint density at radius 1 is 0.619 bits per heavy atom. The molecule has 0 radical (unpaired) electrons. The molecular weight excluding hydrogens is 273 g/mol. The zero-order valence-electron chi connectivity index (χ0n) is 13.7. The lowest BCUT2D eigenvalue weighted by atomic mass is 10.2. The van der Waals surface area contributed by atoms with Gasteiger partial charge in [0.25, 0.3) is 0 Å². The van der Waals surface area contributed by atoms with Gasteiger partial charge in [-0.1, -0.05) is 45.9 Å². The van der Waals surface area contributed by atoms with E-state index in [4.69, 9.17) is 0 Å². The van der Waals surface area contributed by atoms with Crippen molar-refractivity contribution in [3.8, 4) is 0 Å². The molecule has 2 aromatic carbocycles. The van der Waals surface area contributed by atoms with E-state index in [9.17, 15) is 13.2 Å². The van der Waals surface area contributed by atoms with Crippen molar-refractivity contribution in [1.29, 1.82) is 0 Å². The van der Waals surface area contributed by atoms with Gasteiger partial charge in [0, 0.05) is 0 Å². The summed E-state index contributed by atoms with van der Waals surface area (Å²) >= 11 is 0. The molecule has 0 spiro atoms. The van der Waals surface area contributed by atoms with E-state index in [2.05, 4.69) is 0 Å². The lowest BCUT2D eigenvalue weighted by Gasteiger charge is -1.91. The zero-order chi connectivity index (χ0) is 16.8. The Balaban J connectivity index is 0. The van der Waals surface area contributed by atoms with Gasteiger partial charge < -0.3 is 0 Å². The van der Waals surface area contributed by atoms with Crippen molar-refractivity contribution in [3.05, 3.63) is 71.0 Å². The summed E-state index contributed by atoms with van der Waals surface area (Å²) < 4.78 is 36.5. The van der Waals surface area contributed by atoms with E-state index >= 15 is 0 Å². The molecule has 0 amide bonds. The highest BCUT2D eigenvalue weighted by atomic mass is 19.2. The van der Waals surface area contributed by atoms with E-state index in [0.717, 1.165) is 23.3 Å². The molecule has 0 nitrogen and oxygen atoms in total. The Kier molecular flexibility index (Phi) is 13.6. The number of hydrogen-bond acceptors (Lipinski definition) is 0.